The molecule has 0 unspecified atom stereocenters. The van der Waals surface area contributed by atoms with E-state index < -0.39 is 23.0 Å². The van der Waals surface area contributed by atoms with Crippen molar-refractivity contribution in [3.63, 3.8) is 0 Å². The number of para-hydroxylation sites is 2. The second kappa shape index (κ2) is 9.14. The number of fused-ring (bicyclic) bond motifs is 2. The molecule has 0 spiro atoms. The van der Waals surface area contributed by atoms with Gasteiger partial charge in [-0.25, -0.2) is 4.98 Å². The van der Waals surface area contributed by atoms with E-state index in [1.165, 1.54) is 24.4 Å². The number of benzene rings is 3. The molecule has 178 valence electrons. The lowest BCUT2D eigenvalue weighted by Gasteiger charge is -2.08. The van der Waals surface area contributed by atoms with Crippen LogP contribution in [0.2, 0.25) is 0 Å². The first kappa shape index (κ1) is 22.5. The average molecular weight is 483 g/mol. The molecule has 11 heteroatoms. The Hall–Kier alpha value is -5.32. The molecule has 0 fully saturated rings. The van der Waals surface area contributed by atoms with Crippen LogP contribution in [0.1, 0.15) is 5.56 Å². The molecule has 2 aromatic heterocycles. The van der Waals surface area contributed by atoms with Gasteiger partial charge in [0.1, 0.15) is 5.58 Å². The highest BCUT2D eigenvalue weighted by atomic mass is 16.6. The van der Waals surface area contributed by atoms with Crippen molar-refractivity contribution in [2.45, 2.75) is 0 Å². The lowest BCUT2D eigenvalue weighted by Crippen LogP contribution is -2.20. The van der Waals surface area contributed by atoms with Crippen LogP contribution >= 0.6 is 0 Å². The van der Waals surface area contributed by atoms with Crippen LogP contribution in [0.5, 0.6) is 5.75 Å². The van der Waals surface area contributed by atoms with Gasteiger partial charge in [-0.2, -0.15) is 9.78 Å². The molecule has 0 aliphatic rings. The van der Waals surface area contributed by atoms with Crippen molar-refractivity contribution in [2.75, 3.05) is 6.61 Å². The maximum absolute atomic E-state index is 13.3. The van der Waals surface area contributed by atoms with E-state index in [2.05, 4.69) is 10.1 Å². The van der Waals surface area contributed by atoms with E-state index in [4.69, 9.17) is 14.9 Å². The maximum atomic E-state index is 13.3. The smallest absolute Gasteiger partial charge is 0.311 e. The summed E-state index contributed by atoms with van der Waals surface area (Å²) in [6, 6.07) is 20.0. The van der Waals surface area contributed by atoms with Crippen molar-refractivity contribution in [1.82, 2.24) is 9.66 Å². The second-order valence-corrected chi connectivity index (χ2v) is 7.70. The number of hydrogen-bond acceptors (Lipinski definition) is 8. The van der Waals surface area contributed by atoms with Crippen molar-refractivity contribution in [3.05, 3.63) is 98.8 Å². The van der Waals surface area contributed by atoms with Crippen molar-refractivity contribution in [1.29, 1.82) is 0 Å². The minimum Gasteiger partial charge on any atom is -0.477 e. The van der Waals surface area contributed by atoms with Crippen LogP contribution in [0, 0.1) is 10.1 Å². The van der Waals surface area contributed by atoms with E-state index in [1.807, 2.05) is 18.2 Å². The van der Waals surface area contributed by atoms with E-state index >= 15 is 0 Å². The number of nitrogens with zero attached hydrogens (tertiary/aromatic N) is 4. The normalized spacial score (nSPS) is 11.3. The zero-order valence-electron chi connectivity index (χ0n) is 18.5. The van der Waals surface area contributed by atoms with Gasteiger partial charge in [0.2, 0.25) is 5.82 Å². The molecule has 2 N–H and O–H groups in total. The van der Waals surface area contributed by atoms with E-state index in [-0.39, 0.29) is 17.3 Å². The highest BCUT2D eigenvalue weighted by Crippen LogP contribution is 2.29. The fourth-order valence-electron chi connectivity index (χ4n) is 3.64. The molecule has 36 heavy (non-hydrogen) atoms. The maximum Gasteiger partial charge on any atom is 0.311 e. The number of carbonyl (C=O) groups excluding carboxylic acids is 1. The fourth-order valence-corrected chi connectivity index (χ4v) is 3.64. The number of amides is 1. The van der Waals surface area contributed by atoms with Gasteiger partial charge in [0.25, 0.3) is 11.5 Å². The molecule has 0 saturated carbocycles. The second-order valence-electron chi connectivity index (χ2n) is 7.70. The summed E-state index contributed by atoms with van der Waals surface area (Å²) in [5, 5.41) is 17.0. The molecule has 0 aliphatic heterocycles. The SMILES string of the molecule is NC(=O)COc1ccc(C=Nn2c(-c3cc4ccccc4o3)nc3ccccc3c2=O)cc1[N+](=O)[O-]. The van der Waals surface area contributed by atoms with Crippen LogP contribution in [-0.2, 0) is 4.79 Å². The molecule has 3 aromatic carbocycles. The molecule has 0 saturated heterocycles. The Labute approximate surface area is 202 Å². The fraction of sp³-hybridized carbons (Fsp3) is 0.0400. The third-order valence-corrected chi connectivity index (χ3v) is 5.27. The Morgan fingerprint density at radius 3 is 2.69 bits per heavy atom. The summed E-state index contributed by atoms with van der Waals surface area (Å²) in [4.78, 5) is 39.8. The first-order chi connectivity index (χ1) is 17.4. The number of nitro benzene ring substituents is 1. The third kappa shape index (κ3) is 4.28. The molecule has 5 aromatic rings. The van der Waals surface area contributed by atoms with Crippen LogP contribution < -0.4 is 16.0 Å². The number of primary amides is 1. The Morgan fingerprint density at radius 1 is 1.14 bits per heavy atom. The van der Waals surface area contributed by atoms with Gasteiger partial charge in [-0.05, 0) is 36.4 Å². The minimum absolute atomic E-state index is 0.122. The van der Waals surface area contributed by atoms with Crippen LogP contribution in [0.15, 0.2) is 87.1 Å². The molecule has 0 atom stereocenters. The summed E-state index contributed by atoms with van der Waals surface area (Å²) >= 11 is 0. The van der Waals surface area contributed by atoms with Gasteiger partial charge >= 0.3 is 5.69 Å². The van der Waals surface area contributed by atoms with Gasteiger partial charge in [-0.3, -0.25) is 19.7 Å². The first-order valence-corrected chi connectivity index (χ1v) is 10.7. The highest BCUT2D eigenvalue weighted by molar-refractivity contribution is 5.85. The van der Waals surface area contributed by atoms with E-state index in [0.717, 1.165) is 10.1 Å². The lowest BCUT2D eigenvalue weighted by atomic mass is 10.2. The zero-order valence-corrected chi connectivity index (χ0v) is 18.5. The predicted octanol–water partition coefficient (Wildman–Crippen LogP) is 3.46. The molecule has 0 bridgehead atoms. The number of nitrogens with two attached hydrogens (primary N) is 1. The van der Waals surface area contributed by atoms with Crippen LogP contribution in [-0.4, -0.2) is 33.3 Å². The molecular formula is C25H17N5O6. The number of carbonyl (C=O) groups is 1. The number of aromatic nitrogens is 2. The number of hydrogen-bond donors (Lipinski definition) is 1. The summed E-state index contributed by atoms with van der Waals surface area (Å²) in [6.07, 6.45) is 1.29. The lowest BCUT2D eigenvalue weighted by molar-refractivity contribution is -0.385. The summed E-state index contributed by atoms with van der Waals surface area (Å²) in [7, 11) is 0. The monoisotopic (exact) mass is 483 g/mol. The Morgan fingerprint density at radius 2 is 1.92 bits per heavy atom. The summed E-state index contributed by atoms with van der Waals surface area (Å²) in [5.74, 6) is -0.390. The van der Waals surface area contributed by atoms with Gasteiger partial charge in [-0.1, -0.05) is 30.3 Å². The van der Waals surface area contributed by atoms with Gasteiger partial charge in [0.05, 0.1) is 22.0 Å². The molecule has 0 aliphatic carbocycles. The largest absolute Gasteiger partial charge is 0.477 e. The number of rotatable bonds is 7. The quantitative estimate of drug-likeness (QED) is 0.211. The number of furan rings is 1. The summed E-state index contributed by atoms with van der Waals surface area (Å²) < 4.78 is 12.1. The molecule has 2 heterocycles. The standard InChI is InChI=1S/C25H17N5O6/c26-23(31)14-35-21-10-9-15(11-19(21)30(33)34)13-27-29-24(22-12-16-5-1-4-8-20(16)36-22)28-18-7-3-2-6-17(18)25(29)32/h1-13H,14H2,(H2,26,31). The minimum atomic E-state index is -0.767. The van der Waals surface area contributed by atoms with Crippen molar-refractivity contribution in [3.8, 4) is 17.3 Å². The Balaban J connectivity index is 1.62. The first-order valence-electron chi connectivity index (χ1n) is 10.7. The molecule has 11 nitrogen and oxygen atoms in total. The molecule has 1 amide bonds. The summed E-state index contributed by atoms with van der Waals surface area (Å²) in [6.45, 7) is -0.507. The van der Waals surface area contributed by atoms with Gasteiger partial charge in [-0.15, -0.1) is 0 Å². The number of nitro groups is 1. The third-order valence-electron chi connectivity index (χ3n) is 5.27. The highest BCUT2D eigenvalue weighted by Gasteiger charge is 2.18. The van der Waals surface area contributed by atoms with E-state index in [1.54, 1.807) is 36.4 Å². The van der Waals surface area contributed by atoms with Crippen molar-refractivity contribution < 1.29 is 18.9 Å². The summed E-state index contributed by atoms with van der Waals surface area (Å²) in [5.41, 5.74) is 5.61. The van der Waals surface area contributed by atoms with Crippen LogP contribution in [0.4, 0.5) is 5.69 Å². The molecule has 0 radical (unpaired) electrons. The predicted molar refractivity (Wildman–Crippen MR) is 132 cm³/mol. The van der Waals surface area contributed by atoms with E-state index in [9.17, 15) is 19.7 Å². The van der Waals surface area contributed by atoms with Gasteiger partial charge in [0, 0.05) is 17.0 Å². The Kier molecular flexibility index (Phi) is 5.71. The van der Waals surface area contributed by atoms with Crippen molar-refractivity contribution in [2.24, 2.45) is 10.8 Å². The van der Waals surface area contributed by atoms with Gasteiger partial charge < -0.3 is 14.9 Å². The Bertz CT molecular complexity index is 1700. The average Bonchev–Trinajstić information content (AvgIpc) is 3.31. The van der Waals surface area contributed by atoms with Crippen LogP contribution in [0.3, 0.4) is 0 Å². The zero-order chi connectivity index (χ0) is 25.2. The number of ether oxygens (including phenoxy) is 1. The van der Waals surface area contributed by atoms with E-state index in [0.29, 0.717) is 27.8 Å². The molecule has 5 rings (SSSR count). The van der Waals surface area contributed by atoms with Crippen LogP contribution in [0.25, 0.3) is 33.5 Å². The molecular weight excluding hydrogens is 466 g/mol. The topological polar surface area (TPSA) is 156 Å². The van der Waals surface area contributed by atoms with Gasteiger partial charge in [0.15, 0.2) is 18.1 Å². The van der Waals surface area contributed by atoms with Crippen molar-refractivity contribution >= 4 is 39.7 Å².